The molecule has 0 aromatic heterocycles. The lowest BCUT2D eigenvalue weighted by Gasteiger charge is -2.17. The molecule has 0 saturated carbocycles. The Bertz CT molecular complexity index is 1090. The molecule has 1 N–H and O–H groups in total. The summed E-state index contributed by atoms with van der Waals surface area (Å²) >= 11 is 1.29. The van der Waals surface area contributed by atoms with Crippen molar-refractivity contribution in [3.8, 4) is 0 Å². The zero-order valence-electron chi connectivity index (χ0n) is 16.3. The van der Waals surface area contributed by atoms with Crippen LogP contribution in [0.2, 0.25) is 0 Å². The summed E-state index contributed by atoms with van der Waals surface area (Å²) < 4.78 is 39.7. The van der Waals surface area contributed by atoms with E-state index in [1.807, 2.05) is 30.3 Å². The number of carbonyl (C=O) groups excluding carboxylic acids is 1. The predicted molar refractivity (Wildman–Crippen MR) is 117 cm³/mol. The maximum absolute atomic E-state index is 12.9. The van der Waals surface area contributed by atoms with Crippen LogP contribution in [-0.2, 0) is 21.4 Å². The van der Waals surface area contributed by atoms with Crippen molar-refractivity contribution >= 4 is 33.4 Å². The maximum atomic E-state index is 12.9. The Balaban J connectivity index is 1.58. The molecule has 0 atom stereocenters. The van der Waals surface area contributed by atoms with E-state index in [1.54, 1.807) is 24.3 Å². The Morgan fingerprint density at radius 3 is 2.23 bits per heavy atom. The van der Waals surface area contributed by atoms with E-state index in [4.69, 9.17) is 0 Å². The summed E-state index contributed by atoms with van der Waals surface area (Å²) in [5.41, 5.74) is 1.40. The second-order valence-corrected chi connectivity index (χ2v) is 9.66. The van der Waals surface area contributed by atoms with Gasteiger partial charge in [0.25, 0.3) is 0 Å². The lowest BCUT2D eigenvalue weighted by atomic mass is 10.2. The van der Waals surface area contributed by atoms with Crippen molar-refractivity contribution in [2.24, 2.45) is 0 Å². The monoisotopic (exact) mass is 444 g/mol. The van der Waals surface area contributed by atoms with Crippen LogP contribution >= 0.6 is 11.8 Å². The van der Waals surface area contributed by atoms with Crippen LogP contribution in [0, 0.1) is 5.82 Å². The fourth-order valence-electron chi connectivity index (χ4n) is 2.69. The Kier molecular flexibility index (Phi) is 7.25. The van der Waals surface area contributed by atoms with Gasteiger partial charge in [-0.15, -0.1) is 11.8 Å². The van der Waals surface area contributed by atoms with Crippen molar-refractivity contribution < 1.29 is 17.6 Å². The average molecular weight is 445 g/mol. The Hall–Kier alpha value is -2.68. The zero-order valence-corrected chi connectivity index (χ0v) is 17.9. The molecule has 0 aliphatic heterocycles. The van der Waals surface area contributed by atoms with Gasteiger partial charge in [0.2, 0.25) is 15.9 Å². The van der Waals surface area contributed by atoms with Gasteiger partial charge in [-0.2, -0.15) is 4.31 Å². The SMILES string of the molecule is CN(Cc1ccccc1)S(=O)(=O)c1ccc(NC(=O)CSc2ccc(F)cc2)cc1. The maximum Gasteiger partial charge on any atom is 0.243 e. The van der Waals surface area contributed by atoms with Crippen molar-refractivity contribution in [1.29, 1.82) is 0 Å². The number of carbonyl (C=O) groups is 1. The number of rotatable bonds is 8. The van der Waals surface area contributed by atoms with E-state index in [0.29, 0.717) is 5.69 Å². The molecule has 0 aliphatic carbocycles. The molecule has 0 fully saturated rings. The van der Waals surface area contributed by atoms with E-state index >= 15 is 0 Å². The standard InChI is InChI=1S/C22H21FN2O3S2/c1-25(15-17-5-3-2-4-6-17)30(27,28)21-13-9-19(10-14-21)24-22(26)16-29-20-11-7-18(23)8-12-20/h2-14H,15-16H2,1H3,(H,24,26). The first-order chi connectivity index (χ1) is 14.3. The number of nitrogens with zero attached hydrogens (tertiary/aromatic N) is 1. The van der Waals surface area contributed by atoms with Gasteiger partial charge in [0, 0.05) is 24.2 Å². The third-order valence-electron chi connectivity index (χ3n) is 4.28. The van der Waals surface area contributed by atoms with Crippen molar-refractivity contribution in [3.63, 3.8) is 0 Å². The molecule has 0 saturated heterocycles. The minimum atomic E-state index is -3.65. The van der Waals surface area contributed by atoms with Crippen molar-refractivity contribution in [2.45, 2.75) is 16.3 Å². The molecule has 3 rings (SSSR count). The Morgan fingerprint density at radius 1 is 0.967 bits per heavy atom. The topological polar surface area (TPSA) is 66.5 Å². The van der Waals surface area contributed by atoms with Crippen LogP contribution in [0.5, 0.6) is 0 Å². The summed E-state index contributed by atoms with van der Waals surface area (Å²) in [4.78, 5) is 13.1. The van der Waals surface area contributed by atoms with Gasteiger partial charge >= 0.3 is 0 Å². The third kappa shape index (κ3) is 5.91. The van der Waals surface area contributed by atoms with Crippen LogP contribution in [0.1, 0.15) is 5.56 Å². The largest absolute Gasteiger partial charge is 0.325 e. The van der Waals surface area contributed by atoms with Gasteiger partial charge in [-0.05, 0) is 54.1 Å². The van der Waals surface area contributed by atoms with Gasteiger partial charge in [0.15, 0.2) is 0 Å². The van der Waals surface area contributed by atoms with E-state index < -0.39 is 10.0 Å². The van der Waals surface area contributed by atoms with Crippen molar-refractivity contribution in [1.82, 2.24) is 4.31 Å². The van der Waals surface area contributed by atoms with Gasteiger partial charge in [-0.3, -0.25) is 4.79 Å². The van der Waals surface area contributed by atoms with Crippen LogP contribution in [0.25, 0.3) is 0 Å². The van der Waals surface area contributed by atoms with Crippen LogP contribution < -0.4 is 5.32 Å². The van der Waals surface area contributed by atoms with Crippen molar-refractivity contribution in [2.75, 3.05) is 18.1 Å². The zero-order chi connectivity index (χ0) is 21.6. The molecule has 3 aromatic rings. The minimum absolute atomic E-state index is 0.152. The summed E-state index contributed by atoms with van der Waals surface area (Å²) in [5.74, 6) is -0.403. The molecule has 3 aromatic carbocycles. The van der Waals surface area contributed by atoms with Gasteiger partial charge in [-0.25, -0.2) is 12.8 Å². The fourth-order valence-corrected chi connectivity index (χ4v) is 4.55. The number of halogens is 1. The number of nitrogens with one attached hydrogen (secondary N) is 1. The molecule has 156 valence electrons. The second-order valence-electron chi connectivity index (χ2n) is 6.56. The number of hydrogen-bond acceptors (Lipinski definition) is 4. The molecule has 1 amide bonds. The van der Waals surface area contributed by atoms with E-state index in [2.05, 4.69) is 5.32 Å². The first kappa shape index (κ1) is 22.0. The first-order valence-corrected chi connectivity index (χ1v) is 11.6. The molecular weight excluding hydrogens is 423 g/mol. The number of sulfonamides is 1. The fraction of sp³-hybridized carbons (Fsp3) is 0.136. The van der Waals surface area contributed by atoms with E-state index in [1.165, 1.54) is 47.4 Å². The molecule has 0 spiro atoms. The Labute approximate surface area is 180 Å². The lowest BCUT2D eigenvalue weighted by Crippen LogP contribution is -2.26. The quantitative estimate of drug-likeness (QED) is 0.524. The van der Waals surface area contributed by atoms with Crippen LogP contribution in [-0.4, -0.2) is 31.4 Å². The summed E-state index contributed by atoms with van der Waals surface area (Å²) in [5, 5.41) is 2.73. The molecule has 8 heteroatoms. The normalized spacial score (nSPS) is 11.4. The van der Waals surface area contributed by atoms with Gasteiger partial charge in [-0.1, -0.05) is 30.3 Å². The number of anilines is 1. The third-order valence-corrected chi connectivity index (χ3v) is 7.11. The van der Waals surface area contributed by atoms with E-state index in [-0.39, 0.29) is 28.9 Å². The molecule has 0 radical (unpaired) electrons. The highest BCUT2D eigenvalue weighted by Gasteiger charge is 2.20. The highest BCUT2D eigenvalue weighted by atomic mass is 32.2. The van der Waals surface area contributed by atoms with E-state index in [9.17, 15) is 17.6 Å². The summed E-state index contributed by atoms with van der Waals surface area (Å²) in [6.07, 6.45) is 0. The summed E-state index contributed by atoms with van der Waals surface area (Å²) in [6.45, 7) is 0.266. The lowest BCUT2D eigenvalue weighted by molar-refractivity contribution is -0.113. The molecule has 0 aliphatic rings. The number of benzene rings is 3. The summed E-state index contributed by atoms with van der Waals surface area (Å²) in [6, 6.07) is 21.3. The highest BCUT2D eigenvalue weighted by molar-refractivity contribution is 8.00. The highest BCUT2D eigenvalue weighted by Crippen LogP contribution is 2.21. The second kappa shape index (κ2) is 9.88. The number of hydrogen-bond donors (Lipinski definition) is 1. The first-order valence-electron chi connectivity index (χ1n) is 9.13. The smallest absolute Gasteiger partial charge is 0.243 e. The molecule has 30 heavy (non-hydrogen) atoms. The molecule has 5 nitrogen and oxygen atoms in total. The average Bonchev–Trinajstić information content (AvgIpc) is 2.74. The Morgan fingerprint density at radius 2 is 1.60 bits per heavy atom. The predicted octanol–water partition coefficient (Wildman–Crippen LogP) is 4.38. The van der Waals surface area contributed by atoms with Gasteiger partial charge in [0.05, 0.1) is 10.6 Å². The van der Waals surface area contributed by atoms with Crippen LogP contribution in [0.15, 0.2) is 88.7 Å². The van der Waals surface area contributed by atoms with Crippen LogP contribution in [0.3, 0.4) is 0 Å². The molecule has 0 heterocycles. The minimum Gasteiger partial charge on any atom is -0.325 e. The molecule has 0 bridgehead atoms. The van der Waals surface area contributed by atoms with Crippen LogP contribution in [0.4, 0.5) is 10.1 Å². The van der Waals surface area contributed by atoms with Crippen molar-refractivity contribution in [3.05, 3.63) is 90.2 Å². The van der Waals surface area contributed by atoms with E-state index in [0.717, 1.165) is 10.5 Å². The van der Waals surface area contributed by atoms with Gasteiger partial charge < -0.3 is 5.32 Å². The number of amides is 1. The number of thioether (sulfide) groups is 1. The van der Waals surface area contributed by atoms with Gasteiger partial charge in [0.1, 0.15) is 5.82 Å². The summed E-state index contributed by atoms with van der Waals surface area (Å²) in [7, 11) is -2.11. The molecule has 0 unspecified atom stereocenters. The molecular formula is C22H21FN2O3S2.